The molecule has 0 aliphatic carbocycles. The fraction of sp³-hybridized carbons (Fsp3) is 0.278. The molecule has 3 aromatic rings. The number of hydrogen-bond donors (Lipinski definition) is 0. The van der Waals surface area contributed by atoms with Gasteiger partial charge in [0.05, 0.1) is 25.7 Å². The number of ether oxygens (including phenoxy) is 2. The van der Waals surface area contributed by atoms with Crippen molar-refractivity contribution >= 4 is 16.9 Å². The molecule has 0 atom stereocenters. The van der Waals surface area contributed by atoms with E-state index in [9.17, 15) is 4.79 Å². The first-order chi connectivity index (χ1) is 12.3. The van der Waals surface area contributed by atoms with E-state index in [1.807, 2.05) is 11.0 Å². The molecule has 128 valence electrons. The quantitative estimate of drug-likeness (QED) is 0.723. The Morgan fingerprint density at radius 1 is 1.12 bits per heavy atom. The lowest BCUT2D eigenvalue weighted by Crippen LogP contribution is -2.36. The number of nitrogens with zero attached hydrogens (tertiary/aromatic N) is 3. The van der Waals surface area contributed by atoms with Gasteiger partial charge in [0.15, 0.2) is 16.9 Å². The fourth-order valence-electron chi connectivity index (χ4n) is 2.88. The average Bonchev–Trinajstić information content (AvgIpc) is 2.68. The van der Waals surface area contributed by atoms with E-state index in [0.29, 0.717) is 54.7 Å². The Morgan fingerprint density at radius 3 is 2.72 bits per heavy atom. The minimum absolute atomic E-state index is 0.0904. The van der Waals surface area contributed by atoms with Crippen LogP contribution in [0.1, 0.15) is 0 Å². The molecule has 25 heavy (non-hydrogen) atoms. The maximum Gasteiger partial charge on any atom is 0.213 e. The first-order valence-corrected chi connectivity index (χ1v) is 8.02. The Hall–Kier alpha value is -2.93. The number of morpholine rings is 1. The molecule has 0 aromatic carbocycles. The van der Waals surface area contributed by atoms with Crippen molar-refractivity contribution in [3.8, 4) is 17.1 Å². The number of anilines is 1. The molecular weight excluding hydrogens is 322 g/mol. The Balaban J connectivity index is 1.89. The second-order valence-electron chi connectivity index (χ2n) is 5.67. The second kappa shape index (κ2) is 6.52. The van der Waals surface area contributed by atoms with Gasteiger partial charge in [-0.05, 0) is 12.1 Å². The van der Waals surface area contributed by atoms with E-state index >= 15 is 0 Å². The number of methoxy groups -OCH3 is 1. The normalized spacial score (nSPS) is 14.7. The van der Waals surface area contributed by atoms with Gasteiger partial charge in [-0.2, -0.15) is 0 Å². The average molecular weight is 339 g/mol. The fourth-order valence-corrected chi connectivity index (χ4v) is 2.88. The van der Waals surface area contributed by atoms with Gasteiger partial charge in [0.2, 0.25) is 5.88 Å². The zero-order valence-corrected chi connectivity index (χ0v) is 13.8. The molecule has 0 amide bonds. The minimum Gasteiger partial charge on any atom is -0.481 e. The molecule has 1 aliphatic rings. The molecule has 7 heteroatoms. The zero-order chi connectivity index (χ0) is 17.2. The van der Waals surface area contributed by atoms with Crippen LogP contribution in [0.25, 0.3) is 22.2 Å². The smallest absolute Gasteiger partial charge is 0.213 e. The predicted molar refractivity (Wildman–Crippen MR) is 93.1 cm³/mol. The van der Waals surface area contributed by atoms with Gasteiger partial charge < -0.3 is 18.8 Å². The van der Waals surface area contributed by atoms with Crippen LogP contribution in [-0.2, 0) is 4.74 Å². The molecule has 0 N–H and O–H groups in total. The summed E-state index contributed by atoms with van der Waals surface area (Å²) in [6.45, 7) is 2.60. The molecule has 1 aliphatic heterocycles. The van der Waals surface area contributed by atoms with Crippen LogP contribution in [0, 0.1) is 0 Å². The van der Waals surface area contributed by atoms with Crippen molar-refractivity contribution in [2.75, 3.05) is 38.3 Å². The van der Waals surface area contributed by atoms with Crippen LogP contribution >= 0.6 is 0 Å². The van der Waals surface area contributed by atoms with Gasteiger partial charge in [0, 0.05) is 43.2 Å². The summed E-state index contributed by atoms with van der Waals surface area (Å²) in [6, 6.07) is 6.78. The van der Waals surface area contributed by atoms with Gasteiger partial charge in [0.1, 0.15) is 5.69 Å². The lowest BCUT2D eigenvalue weighted by atomic mass is 10.1. The van der Waals surface area contributed by atoms with E-state index in [-0.39, 0.29) is 5.43 Å². The molecule has 0 bridgehead atoms. The highest BCUT2D eigenvalue weighted by Gasteiger charge is 2.18. The van der Waals surface area contributed by atoms with E-state index in [4.69, 9.17) is 13.9 Å². The number of rotatable bonds is 3. The molecule has 0 saturated carbocycles. The van der Waals surface area contributed by atoms with Crippen LogP contribution in [0.15, 0.2) is 45.9 Å². The Kier molecular flexibility index (Phi) is 4.07. The van der Waals surface area contributed by atoms with Gasteiger partial charge in [-0.1, -0.05) is 0 Å². The van der Waals surface area contributed by atoms with Crippen molar-refractivity contribution in [1.82, 2.24) is 9.97 Å². The summed E-state index contributed by atoms with van der Waals surface area (Å²) in [5.74, 6) is 1.01. The predicted octanol–water partition coefficient (Wildman–Crippen LogP) is 2.10. The van der Waals surface area contributed by atoms with Gasteiger partial charge in [-0.15, -0.1) is 0 Å². The standard InChI is InChI=1S/C18H17N3O4/c1-23-15-10-12(2-4-19-15)17-18-13(3-5-20-17)14(22)11-16(25-18)21-6-8-24-9-7-21/h2-5,10-11H,6-9H2,1H3. The summed E-state index contributed by atoms with van der Waals surface area (Å²) in [5, 5.41) is 0.498. The second-order valence-corrected chi connectivity index (χ2v) is 5.67. The maximum atomic E-state index is 12.6. The molecule has 0 unspecified atom stereocenters. The van der Waals surface area contributed by atoms with Crippen molar-refractivity contribution in [3.05, 3.63) is 46.9 Å². The number of pyridine rings is 2. The molecule has 4 heterocycles. The topological polar surface area (TPSA) is 77.7 Å². The highest BCUT2D eigenvalue weighted by atomic mass is 16.5. The van der Waals surface area contributed by atoms with Gasteiger partial charge in [-0.3, -0.25) is 9.78 Å². The first kappa shape index (κ1) is 15.6. The van der Waals surface area contributed by atoms with Crippen LogP contribution in [0.5, 0.6) is 5.88 Å². The van der Waals surface area contributed by atoms with Gasteiger partial charge in [-0.25, -0.2) is 4.98 Å². The summed E-state index contributed by atoms with van der Waals surface area (Å²) < 4.78 is 16.6. The van der Waals surface area contributed by atoms with E-state index < -0.39 is 0 Å². The molecule has 0 spiro atoms. The van der Waals surface area contributed by atoms with Crippen molar-refractivity contribution < 1.29 is 13.9 Å². The van der Waals surface area contributed by atoms with Crippen LogP contribution in [-0.4, -0.2) is 43.4 Å². The van der Waals surface area contributed by atoms with Crippen LogP contribution < -0.4 is 15.1 Å². The van der Waals surface area contributed by atoms with E-state index in [0.717, 1.165) is 5.56 Å². The summed E-state index contributed by atoms with van der Waals surface area (Å²) >= 11 is 0. The summed E-state index contributed by atoms with van der Waals surface area (Å²) in [7, 11) is 1.55. The molecule has 3 aromatic heterocycles. The Labute approximate surface area is 143 Å². The Morgan fingerprint density at radius 2 is 1.92 bits per heavy atom. The first-order valence-electron chi connectivity index (χ1n) is 8.02. The largest absolute Gasteiger partial charge is 0.481 e. The summed E-state index contributed by atoms with van der Waals surface area (Å²) in [6.07, 6.45) is 3.24. The third-order valence-corrected chi connectivity index (χ3v) is 4.17. The zero-order valence-electron chi connectivity index (χ0n) is 13.8. The third-order valence-electron chi connectivity index (χ3n) is 4.17. The van der Waals surface area contributed by atoms with Crippen LogP contribution in [0.2, 0.25) is 0 Å². The van der Waals surface area contributed by atoms with Crippen LogP contribution in [0.3, 0.4) is 0 Å². The highest BCUT2D eigenvalue weighted by Crippen LogP contribution is 2.29. The lowest BCUT2D eigenvalue weighted by molar-refractivity contribution is 0.121. The van der Waals surface area contributed by atoms with Gasteiger partial charge >= 0.3 is 0 Å². The van der Waals surface area contributed by atoms with Crippen LogP contribution in [0.4, 0.5) is 5.88 Å². The van der Waals surface area contributed by atoms with Crippen molar-refractivity contribution in [1.29, 1.82) is 0 Å². The third kappa shape index (κ3) is 2.94. The Bertz CT molecular complexity index is 964. The maximum absolute atomic E-state index is 12.6. The van der Waals surface area contributed by atoms with Crippen molar-refractivity contribution in [2.45, 2.75) is 0 Å². The SMILES string of the molecule is COc1cc(-c2nccc3c(=O)cc(N4CCOCC4)oc23)ccn1. The van der Waals surface area contributed by atoms with E-state index in [1.54, 1.807) is 31.6 Å². The van der Waals surface area contributed by atoms with Crippen molar-refractivity contribution in [2.24, 2.45) is 0 Å². The number of aromatic nitrogens is 2. The van der Waals surface area contributed by atoms with Crippen molar-refractivity contribution in [3.63, 3.8) is 0 Å². The highest BCUT2D eigenvalue weighted by molar-refractivity contribution is 5.90. The van der Waals surface area contributed by atoms with E-state index in [1.165, 1.54) is 6.07 Å². The minimum atomic E-state index is -0.0904. The molecule has 7 nitrogen and oxygen atoms in total. The monoisotopic (exact) mass is 339 g/mol. The van der Waals surface area contributed by atoms with Gasteiger partial charge in [0.25, 0.3) is 0 Å². The molecule has 0 radical (unpaired) electrons. The summed E-state index contributed by atoms with van der Waals surface area (Å²) in [5.41, 5.74) is 1.74. The molecule has 1 saturated heterocycles. The lowest BCUT2D eigenvalue weighted by Gasteiger charge is -2.27. The number of hydrogen-bond acceptors (Lipinski definition) is 7. The molecule has 1 fully saturated rings. The summed E-state index contributed by atoms with van der Waals surface area (Å²) in [4.78, 5) is 23.1. The van der Waals surface area contributed by atoms with E-state index in [2.05, 4.69) is 9.97 Å². The molecule has 4 rings (SSSR count). The number of fused-ring (bicyclic) bond motifs is 1. The molecular formula is C18H17N3O4.